The van der Waals surface area contributed by atoms with E-state index in [0.717, 1.165) is 5.69 Å². The molecule has 1 aromatic heterocycles. The van der Waals surface area contributed by atoms with Gasteiger partial charge in [0.2, 0.25) is 0 Å². The van der Waals surface area contributed by atoms with Gasteiger partial charge >= 0.3 is 6.19 Å². The summed E-state index contributed by atoms with van der Waals surface area (Å²) in [6.07, 6.45) is 0.811. The highest BCUT2D eigenvalue weighted by Crippen LogP contribution is 1.93. The van der Waals surface area contributed by atoms with E-state index in [2.05, 4.69) is 22.4 Å². The van der Waals surface area contributed by atoms with Gasteiger partial charge in [-0.25, -0.2) is 9.97 Å². The molecule has 0 bridgehead atoms. The van der Waals surface area contributed by atoms with Gasteiger partial charge in [-0.1, -0.05) is 0 Å². The van der Waals surface area contributed by atoms with Crippen LogP contribution >= 0.6 is 12.5 Å². The van der Waals surface area contributed by atoms with E-state index < -0.39 is 6.19 Å². The molecule has 0 spiro atoms. The number of aromatic nitrogens is 2. The van der Waals surface area contributed by atoms with E-state index in [9.17, 15) is 0 Å². The van der Waals surface area contributed by atoms with Crippen LogP contribution in [0.15, 0.2) is 6.20 Å². The lowest BCUT2D eigenvalue weighted by Crippen LogP contribution is -2.28. The first-order valence-electron chi connectivity index (χ1n) is 3.27. The molecule has 0 saturated carbocycles. The van der Waals surface area contributed by atoms with Crippen LogP contribution < -0.4 is 5.46 Å². The molecule has 1 aromatic rings. The zero-order chi connectivity index (χ0) is 8.43. The molecule has 1 rings (SSSR count). The summed E-state index contributed by atoms with van der Waals surface area (Å²) >= 11 is 3.87. The minimum absolute atomic E-state index is 0.666. The molecule has 0 aliphatic carbocycles. The summed E-state index contributed by atoms with van der Waals surface area (Å²) in [5, 5.41) is 9.08. The molecule has 0 aliphatic rings. The Hall–Kier alpha value is -0.545. The molecule has 0 fully saturated rings. The smallest absolute Gasteiger partial charge is 0.394 e. The van der Waals surface area contributed by atoms with Gasteiger partial charge in [-0.3, -0.25) is 0 Å². The van der Waals surface area contributed by atoms with E-state index in [1.807, 2.05) is 13.8 Å². The van der Waals surface area contributed by atoms with Gasteiger partial charge in [-0.2, -0.15) is 12.5 Å². The van der Waals surface area contributed by atoms with Crippen molar-refractivity contribution in [2.75, 3.05) is 0 Å². The third kappa shape index (κ3) is 1.94. The predicted octanol–water partition coefficient (Wildman–Crippen LogP) is -0.289. The topological polar surface area (TPSA) is 46.0 Å². The third-order valence-electron chi connectivity index (χ3n) is 1.42. The quantitative estimate of drug-likeness (QED) is 0.447. The van der Waals surface area contributed by atoms with Crippen LogP contribution in [-0.2, 0) is 0 Å². The summed E-state index contributed by atoms with van der Waals surface area (Å²) in [6.45, 7) is 3.63. The SMILES string of the molecule is Cc1ncc(B(O)S)c(C)n1. The molecule has 1 N–H and O–H groups in total. The highest BCUT2D eigenvalue weighted by Gasteiger charge is 2.12. The molecule has 3 nitrogen and oxygen atoms in total. The van der Waals surface area contributed by atoms with Gasteiger partial charge in [0, 0.05) is 17.4 Å². The number of hydrogen-bond acceptors (Lipinski definition) is 4. The van der Waals surface area contributed by atoms with E-state index in [-0.39, 0.29) is 0 Å². The lowest BCUT2D eigenvalue weighted by molar-refractivity contribution is 0.608. The molecule has 5 heteroatoms. The summed E-state index contributed by atoms with van der Waals surface area (Å²) in [4.78, 5) is 8.02. The minimum atomic E-state index is -0.782. The molecular weight excluding hydrogens is 159 g/mol. The van der Waals surface area contributed by atoms with Crippen molar-refractivity contribution in [1.29, 1.82) is 0 Å². The van der Waals surface area contributed by atoms with Crippen LogP contribution in [0.2, 0.25) is 0 Å². The van der Waals surface area contributed by atoms with E-state index in [0.29, 0.717) is 11.3 Å². The Labute approximate surface area is 71.3 Å². The Morgan fingerprint density at radius 2 is 2.18 bits per heavy atom. The van der Waals surface area contributed by atoms with Gasteiger partial charge in [-0.05, 0) is 13.8 Å². The van der Waals surface area contributed by atoms with Gasteiger partial charge in [-0.15, -0.1) is 0 Å². The molecular formula is C6H9BN2OS. The van der Waals surface area contributed by atoms with Crippen molar-refractivity contribution < 1.29 is 5.02 Å². The Balaban J connectivity index is 3.09. The first-order valence-corrected chi connectivity index (χ1v) is 3.79. The largest absolute Gasteiger partial charge is 0.438 e. The van der Waals surface area contributed by atoms with E-state index in [4.69, 9.17) is 5.02 Å². The second-order valence-corrected chi connectivity index (χ2v) is 2.82. The van der Waals surface area contributed by atoms with Gasteiger partial charge in [0.1, 0.15) is 5.82 Å². The fraction of sp³-hybridized carbons (Fsp3) is 0.333. The zero-order valence-electron chi connectivity index (χ0n) is 6.44. The summed E-state index contributed by atoms with van der Waals surface area (Å²) in [7, 11) is 0. The third-order valence-corrected chi connectivity index (χ3v) is 1.69. The van der Waals surface area contributed by atoms with Crippen molar-refractivity contribution in [1.82, 2.24) is 9.97 Å². The molecule has 0 amide bonds. The van der Waals surface area contributed by atoms with Crippen LogP contribution in [0.4, 0.5) is 0 Å². The Kier molecular flexibility index (Phi) is 2.51. The van der Waals surface area contributed by atoms with Gasteiger partial charge in [0.15, 0.2) is 0 Å². The molecule has 1 heterocycles. The Bertz CT molecular complexity index is 267. The zero-order valence-corrected chi connectivity index (χ0v) is 7.34. The van der Waals surface area contributed by atoms with Crippen LogP contribution in [0.25, 0.3) is 0 Å². The summed E-state index contributed by atoms with van der Waals surface area (Å²) < 4.78 is 0. The van der Waals surface area contributed by atoms with Gasteiger partial charge < -0.3 is 5.02 Å². The van der Waals surface area contributed by atoms with E-state index in [1.54, 1.807) is 6.20 Å². The lowest BCUT2D eigenvalue weighted by Gasteiger charge is -2.02. The fourth-order valence-corrected chi connectivity index (χ4v) is 1.10. The number of nitrogens with zero attached hydrogens (tertiary/aromatic N) is 2. The maximum atomic E-state index is 9.08. The first-order chi connectivity index (χ1) is 5.11. The molecule has 0 atom stereocenters. The van der Waals surface area contributed by atoms with Crippen LogP contribution in [-0.4, -0.2) is 21.2 Å². The number of aryl methyl sites for hydroxylation is 2. The Morgan fingerprint density at radius 3 is 2.64 bits per heavy atom. The van der Waals surface area contributed by atoms with Gasteiger partial charge in [0.05, 0.1) is 0 Å². The van der Waals surface area contributed by atoms with Crippen molar-refractivity contribution in [2.24, 2.45) is 0 Å². The Morgan fingerprint density at radius 1 is 1.55 bits per heavy atom. The normalized spacial score (nSPS) is 9.82. The standard InChI is InChI=1S/C6H9BN2OS/c1-4-6(7(10)11)3-8-5(2)9-4/h3,10-11H,1-2H3. The second kappa shape index (κ2) is 3.23. The number of rotatable bonds is 1. The highest BCUT2D eigenvalue weighted by atomic mass is 32.1. The van der Waals surface area contributed by atoms with Crippen LogP contribution in [0.1, 0.15) is 11.5 Å². The highest BCUT2D eigenvalue weighted by molar-refractivity contribution is 8.10. The molecule has 58 valence electrons. The molecule has 0 unspecified atom stereocenters. The summed E-state index contributed by atoms with van der Waals surface area (Å²) in [5.74, 6) is 0.709. The molecule has 0 radical (unpaired) electrons. The average Bonchev–Trinajstić information content (AvgIpc) is 1.85. The van der Waals surface area contributed by atoms with Crippen LogP contribution in [0.3, 0.4) is 0 Å². The average molecular weight is 168 g/mol. The monoisotopic (exact) mass is 168 g/mol. The van der Waals surface area contributed by atoms with Crippen molar-refractivity contribution in [3.8, 4) is 0 Å². The van der Waals surface area contributed by atoms with Crippen molar-refractivity contribution in [3.05, 3.63) is 17.7 Å². The molecule has 0 aromatic carbocycles. The number of hydrogen-bond donors (Lipinski definition) is 2. The maximum Gasteiger partial charge on any atom is 0.394 e. The summed E-state index contributed by atoms with van der Waals surface area (Å²) in [6, 6.07) is 0. The van der Waals surface area contributed by atoms with Crippen LogP contribution in [0, 0.1) is 13.8 Å². The fourth-order valence-electron chi connectivity index (χ4n) is 0.846. The lowest BCUT2D eigenvalue weighted by atomic mass is 9.87. The predicted molar refractivity (Wildman–Crippen MR) is 48.1 cm³/mol. The molecule has 0 saturated heterocycles. The number of thiol groups is 1. The van der Waals surface area contributed by atoms with Crippen molar-refractivity contribution in [3.63, 3.8) is 0 Å². The minimum Gasteiger partial charge on any atom is -0.438 e. The van der Waals surface area contributed by atoms with Gasteiger partial charge in [0.25, 0.3) is 0 Å². The van der Waals surface area contributed by atoms with Crippen molar-refractivity contribution in [2.45, 2.75) is 13.8 Å². The van der Waals surface area contributed by atoms with Crippen LogP contribution in [0.5, 0.6) is 0 Å². The molecule has 11 heavy (non-hydrogen) atoms. The molecule has 0 aliphatic heterocycles. The first kappa shape index (κ1) is 8.55. The van der Waals surface area contributed by atoms with Crippen molar-refractivity contribution >= 4 is 24.1 Å². The summed E-state index contributed by atoms with van der Waals surface area (Å²) in [5.41, 5.74) is 1.44. The van der Waals surface area contributed by atoms with E-state index >= 15 is 0 Å². The van der Waals surface area contributed by atoms with E-state index in [1.165, 1.54) is 0 Å². The second-order valence-electron chi connectivity index (χ2n) is 2.33. The maximum absolute atomic E-state index is 9.08.